The number of aliphatic hydroxyl groups excluding tert-OH is 11. The molecule has 2 aromatic carbocycles. The van der Waals surface area contributed by atoms with E-state index in [4.69, 9.17) is 42.6 Å². The molecule has 0 amide bonds. The third-order valence-corrected chi connectivity index (χ3v) is 11.4. The van der Waals surface area contributed by atoms with E-state index in [1.54, 1.807) is 0 Å². The van der Waals surface area contributed by atoms with E-state index in [2.05, 4.69) is 0 Å². The van der Waals surface area contributed by atoms with E-state index in [9.17, 15) is 76.3 Å². The van der Waals surface area contributed by atoms with Crippen molar-refractivity contribution in [2.24, 2.45) is 0 Å². The highest BCUT2D eigenvalue weighted by Gasteiger charge is 2.53. The summed E-state index contributed by atoms with van der Waals surface area (Å²) in [6.45, 7) is -2.39. The van der Waals surface area contributed by atoms with Gasteiger partial charge in [-0.25, -0.2) is 4.79 Å². The van der Waals surface area contributed by atoms with E-state index in [1.165, 1.54) is 61.7 Å². The van der Waals surface area contributed by atoms with Crippen LogP contribution in [0.1, 0.15) is 11.1 Å². The van der Waals surface area contributed by atoms with E-state index >= 15 is 0 Å². The van der Waals surface area contributed by atoms with E-state index in [1.807, 2.05) is 0 Å². The molecule has 5 aliphatic rings. The van der Waals surface area contributed by atoms with Crippen LogP contribution in [-0.4, -0.2) is 207 Å². The van der Waals surface area contributed by atoms with E-state index < -0.39 is 136 Å². The van der Waals surface area contributed by atoms with Gasteiger partial charge in [-0.2, -0.15) is 0 Å². The number of hydrogen-bond donors (Lipinski definition) is 14. The lowest BCUT2D eigenvalue weighted by Crippen LogP contribution is -2.64. The Morgan fingerprint density at radius 2 is 1.31 bits per heavy atom. The fourth-order valence-corrected chi connectivity index (χ4v) is 7.63. The second-order valence-corrected chi connectivity index (χ2v) is 15.8. The normalized spacial score (nSPS) is 35.4. The van der Waals surface area contributed by atoms with Crippen LogP contribution < -0.4 is 4.74 Å². The molecule has 4 aliphatic heterocycles. The molecule has 67 heavy (non-hydrogen) atoms. The van der Waals surface area contributed by atoms with Crippen LogP contribution >= 0.6 is 0 Å². The molecule has 3 fully saturated rings. The van der Waals surface area contributed by atoms with Crippen molar-refractivity contribution >= 4 is 17.8 Å². The summed E-state index contributed by atoms with van der Waals surface area (Å²) in [7, 11) is 1.28. The van der Waals surface area contributed by atoms with Crippen molar-refractivity contribution in [1.82, 2.24) is 0 Å². The van der Waals surface area contributed by atoms with Crippen LogP contribution in [0.3, 0.4) is 0 Å². The van der Waals surface area contributed by atoms with Crippen LogP contribution in [-0.2, 0) is 38.0 Å². The summed E-state index contributed by atoms with van der Waals surface area (Å²) >= 11 is 0. The molecule has 0 aromatic heterocycles. The number of ether oxygens (including phenoxy) is 9. The Morgan fingerprint density at radius 1 is 0.687 bits per heavy atom. The van der Waals surface area contributed by atoms with Crippen molar-refractivity contribution in [1.29, 1.82) is 0 Å². The molecule has 0 bridgehead atoms. The minimum absolute atomic E-state index is 0.0185. The van der Waals surface area contributed by atoms with Gasteiger partial charge in [-0.3, -0.25) is 0 Å². The number of aromatic hydroxyl groups is 3. The van der Waals surface area contributed by atoms with Gasteiger partial charge in [0.1, 0.15) is 85.3 Å². The number of hydrogen-bond acceptors (Lipinski definition) is 23. The number of rotatable bonds is 14. The molecular formula is C43H51O24+. The Kier molecular flexibility index (Phi) is 15.3. The molecule has 0 radical (unpaired) electrons. The SMILES string of the molecule is COc1cc(C2=C(OC3OC(CO)C(O)C(O)C3OC3OC(COC(=O)C=Cc4ccc(O)c(O)c4)C(O)C(O)C3O)C=C3C(OC4OC(CO)C(O)C(O)C4O)=CC(O)=CC3[OH+]2)ccc1O. The van der Waals surface area contributed by atoms with Gasteiger partial charge in [0.15, 0.2) is 35.4 Å². The molecule has 24 heteroatoms. The molecule has 16 unspecified atom stereocenters. The molecule has 3 saturated heterocycles. The lowest BCUT2D eigenvalue weighted by molar-refractivity contribution is -0.363. The first kappa shape index (κ1) is 49.4. The number of fused-ring (bicyclic) bond motifs is 1. The summed E-state index contributed by atoms with van der Waals surface area (Å²) in [6.07, 6.45) is -22.5. The molecule has 0 spiro atoms. The smallest absolute Gasteiger partial charge is 0.330 e. The van der Waals surface area contributed by atoms with Gasteiger partial charge in [-0.15, -0.1) is 0 Å². The first-order valence-electron chi connectivity index (χ1n) is 20.6. The average Bonchev–Trinajstić information content (AvgIpc) is 3.31. The Bertz CT molecular complexity index is 2260. The second-order valence-electron chi connectivity index (χ2n) is 15.8. The fraction of sp³-hybridized carbons (Fsp3) is 0.465. The molecule has 366 valence electrons. The third kappa shape index (κ3) is 10.5. The summed E-state index contributed by atoms with van der Waals surface area (Å²) < 4.78 is 50.5. The van der Waals surface area contributed by atoms with E-state index in [0.717, 1.165) is 12.2 Å². The van der Waals surface area contributed by atoms with Gasteiger partial charge in [0.05, 0.1) is 37.5 Å². The molecule has 7 rings (SSSR count). The van der Waals surface area contributed by atoms with E-state index in [-0.39, 0.29) is 45.7 Å². The van der Waals surface area contributed by atoms with Gasteiger partial charge in [-0.05, 0) is 35.9 Å². The Hall–Kier alpha value is -5.55. The van der Waals surface area contributed by atoms with Crippen LogP contribution in [0.15, 0.2) is 83.6 Å². The minimum Gasteiger partial charge on any atom is -0.571 e. The molecule has 4 heterocycles. The van der Waals surface area contributed by atoms with Gasteiger partial charge in [-0.1, -0.05) is 6.07 Å². The van der Waals surface area contributed by atoms with Crippen LogP contribution in [0.5, 0.6) is 23.0 Å². The Labute approximate surface area is 379 Å². The second kappa shape index (κ2) is 20.8. The molecule has 2 aromatic rings. The molecule has 24 nitrogen and oxygen atoms in total. The van der Waals surface area contributed by atoms with Gasteiger partial charge < -0.3 is 114 Å². The van der Waals surface area contributed by atoms with Crippen LogP contribution in [0.2, 0.25) is 0 Å². The van der Waals surface area contributed by atoms with Gasteiger partial charge in [0.25, 0.3) is 0 Å². The Morgan fingerprint density at radius 3 is 1.99 bits per heavy atom. The number of phenolic OH excluding ortho intramolecular Hbond substituents is 3. The molecule has 0 saturated carbocycles. The maximum absolute atomic E-state index is 12.6. The van der Waals surface area contributed by atoms with Gasteiger partial charge >= 0.3 is 11.7 Å². The Balaban J connectivity index is 1.18. The summed E-state index contributed by atoms with van der Waals surface area (Å²) in [5.41, 5.74) is 0.604. The number of carbonyl (C=O) groups is 1. The highest BCUT2D eigenvalue weighted by Crippen LogP contribution is 2.41. The number of benzene rings is 2. The zero-order valence-electron chi connectivity index (χ0n) is 35.1. The van der Waals surface area contributed by atoms with Crippen LogP contribution in [0.4, 0.5) is 0 Å². The lowest BCUT2D eigenvalue weighted by atomic mass is 9.95. The van der Waals surface area contributed by atoms with E-state index in [0.29, 0.717) is 5.56 Å². The lowest BCUT2D eigenvalue weighted by Gasteiger charge is -2.46. The molecule has 16 atom stereocenters. The topological polar surface area (TPSA) is 387 Å². The molecular weight excluding hydrogens is 900 g/mol. The summed E-state index contributed by atoms with van der Waals surface area (Å²) in [4.78, 5) is 12.6. The highest BCUT2D eigenvalue weighted by atomic mass is 16.8. The predicted molar refractivity (Wildman–Crippen MR) is 219 cm³/mol. The predicted octanol–water partition coefficient (Wildman–Crippen LogP) is -3.62. The summed E-state index contributed by atoms with van der Waals surface area (Å²) in [5, 5.41) is 147. The van der Waals surface area contributed by atoms with Crippen molar-refractivity contribution in [2.75, 3.05) is 26.9 Å². The highest BCUT2D eigenvalue weighted by molar-refractivity contribution is 5.87. The quantitative estimate of drug-likeness (QED) is 0.0376. The monoisotopic (exact) mass is 951 g/mol. The maximum Gasteiger partial charge on any atom is 0.330 e. The van der Waals surface area contributed by atoms with Gasteiger partial charge in [0, 0.05) is 24.3 Å². The number of methoxy groups -OCH3 is 1. The van der Waals surface area contributed by atoms with Crippen molar-refractivity contribution < 1.29 is 119 Å². The zero-order valence-corrected chi connectivity index (χ0v) is 35.1. The number of aliphatic hydroxyl groups is 13. The average molecular weight is 952 g/mol. The van der Waals surface area contributed by atoms with Crippen LogP contribution in [0.25, 0.3) is 11.8 Å². The number of esters is 1. The van der Waals surface area contributed by atoms with Gasteiger partial charge in [0.2, 0.25) is 24.4 Å². The van der Waals surface area contributed by atoms with Crippen LogP contribution in [0, 0.1) is 0 Å². The third-order valence-electron chi connectivity index (χ3n) is 11.4. The molecule has 15 N–H and O–H groups in total. The minimum atomic E-state index is -2.06. The van der Waals surface area contributed by atoms with Crippen molar-refractivity contribution in [2.45, 2.75) is 98.2 Å². The fourth-order valence-electron chi connectivity index (χ4n) is 7.63. The standard InChI is InChI=1S/C43H50O24/c1-59-25-9-17(4-6-21(25)48)39-26(12-19-23(61-39)10-18(46)11-24(19)62-41-37(57)34(54)31(51)27(13-44)64-41)63-43-40(36(56)32(52)28(14-45)65-43)67-42-38(58)35(55)33(53)29(66-42)15-60-30(50)7-3-16-2-5-20(47)22(49)8-16/h2-12,23,27-29,31-38,40-49,51-58H,13-15H2,1H3/p+1. The van der Waals surface area contributed by atoms with Crippen molar-refractivity contribution in [3.63, 3.8) is 0 Å². The zero-order chi connectivity index (χ0) is 48.4. The molecule has 1 aliphatic carbocycles. The first-order chi connectivity index (χ1) is 31.9. The number of allylic oxidation sites excluding steroid dienone is 2. The first-order valence-corrected chi connectivity index (χ1v) is 20.6. The number of carbonyl (C=O) groups excluding carboxylic acids is 1. The number of phenols is 3. The summed E-state index contributed by atoms with van der Waals surface area (Å²) in [6, 6.07) is 7.80. The maximum atomic E-state index is 12.6. The van der Waals surface area contributed by atoms with Crippen molar-refractivity contribution in [3.8, 4) is 23.0 Å². The van der Waals surface area contributed by atoms with Crippen molar-refractivity contribution in [3.05, 3.63) is 94.7 Å². The largest absolute Gasteiger partial charge is 0.571 e. The summed E-state index contributed by atoms with van der Waals surface area (Å²) in [5.74, 6) is -3.01.